The van der Waals surface area contributed by atoms with E-state index < -0.39 is 0 Å². The van der Waals surface area contributed by atoms with Gasteiger partial charge < -0.3 is 19.1 Å². The second-order valence-corrected chi connectivity index (χ2v) is 8.64. The van der Waals surface area contributed by atoms with E-state index in [1.807, 2.05) is 17.0 Å². The molecule has 0 unspecified atom stereocenters. The molecule has 34 heavy (non-hydrogen) atoms. The van der Waals surface area contributed by atoms with E-state index in [-0.39, 0.29) is 23.5 Å². The van der Waals surface area contributed by atoms with Crippen molar-refractivity contribution < 1.29 is 18.4 Å². The van der Waals surface area contributed by atoms with Crippen LogP contribution in [0, 0.1) is 11.7 Å². The fourth-order valence-corrected chi connectivity index (χ4v) is 4.57. The first-order valence-electron chi connectivity index (χ1n) is 11.5. The first-order chi connectivity index (χ1) is 16.6. The Morgan fingerprint density at radius 1 is 0.853 bits per heavy atom. The Kier molecular flexibility index (Phi) is 6.24. The number of nitrogens with zero attached hydrogens (tertiary/aromatic N) is 5. The van der Waals surface area contributed by atoms with Gasteiger partial charge in [-0.3, -0.25) is 9.59 Å². The second-order valence-electron chi connectivity index (χ2n) is 8.64. The highest BCUT2D eigenvalue weighted by atomic mass is 19.1. The minimum Gasteiger partial charge on any atom is -0.459 e. The number of hydrogen-bond donors (Lipinski definition) is 0. The Morgan fingerprint density at radius 3 is 2.18 bits per heavy atom. The molecule has 0 spiro atoms. The minimum absolute atomic E-state index is 0.0185. The van der Waals surface area contributed by atoms with Crippen molar-refractivity contribution in [1.29, 1.82) is 0 Å². The smallest absolute Gasteiger partial charge is 0.289 e. The molecule has 3 aromatic rings. The molecule has 2 fully saturated rings. The number of carbonyl (C=O) groups is 2. The Bertz CT molecular complexity index is 1120. The van der Waals surface area contributed by atoms with Crippen LogP contribution < -0.4 is 4.90 Å². The van der Waals surface area contributed by atoms with Gasteiger partial charge in [-0.05, 0) is 61.4 Å². The lowest BCUT2D eigenvalue weighted by atomic mass is 9.95. The molecule has 176 valence electrons. The third kappa shape index (κ3) is 4.64. The van der Waals surface area contributed by atoms with Crippen molar-refractivity contribution in [3.05, 3.63) is 66.4 Å². The number of halogens is 1. The molecular formula is C25H26FN5O3. The summed E-state index contributed by atoms with van der Waals surface area (Å²) in [4.78, 5) is 31.2. The third-order valence-electron chi connectivity index (χ3n) is 6.57. The van der Waals surface area contributed by atoms with Gasteiger partial charge in [0.1, 0.15) is 5.82 Å². The van der Waals surface area contributed by atoms with Crippen LogP contribution in [0.25, 0.3) is 11.3 Å². The van der Waals surface area contributed by atoms with Gasteiger partial charge in [-0.15, -0.1) is 10.2 Å². The lowest BCUT2D eigenvalue weighted by Crippen LogP contribution is -2.53. The molecule has 0 aliphatic carbocycles. The van der Waals surface area contributed by atoms with Gasteiger partial charge in [0.25, 0.3) is 5.91 Å². The standard InChI is InChI=1S/C25H26FN5O3/c26-20-5-3-18(4-6-20)21-7-8-23(28-27-21)29-11-9-19(10-12-29)24(32)30-13-15-31(16-14-30)25(33)22-2-1-17-34-22/h1-8,17,19H,9-16H2. The summed E-state index contributed by atoms with van der Waals surface area (Å²) in [6, 6.07) is 13.3. The number of aromatic nitrogens is 2. The number of hydrogen-bond acceptors (Lipinski definition) is 6. The molecule has 2 saturated heterocycles. The molecule has 2 aromatic heterocycles. The summed E-state index contributed by atoms with van der Waals surface area (Å²) in [7, 11) is 0. The molecule has 2 amide bonds. The van der Waals surface area contributed by atoms with Gasteiger partial charge in [0.05, 0.1) is 12.0 Å². The topological polar surface area (TPSA) is 82.8 Å². The maximum absolute atomic E-state index is 13.1. The van der Waals surface area contributed by atoms with Crippen molar-refractivity contribution in [1.82, 2.24) is 20.0 Å². The molecule has 5 rings (SSSR count). The summed E-state index contributed by atoms with van der Waals surface area (Å²) >= 11 is 0. The lowest BCUT2D eigenvalue weighted by Gasteiger charge is -2.38. The average molecular weight is 464 g/mol. The van der Waals surface area contributed by atoms with Gasteiger partial charge in [-0.1, -0.05) is 0 Å². The number of anilines is 1. The third-order valence-corrected chi connectivity index (χ3v) is 6.57. The van der Waals surface area contributed by atoms with Crippen molar-refractivity contribution in [3.63, 3.8) is 0 Å². The first kappa shape index (κ1) is 22.1. The SMILES string of the molecule is O=C(c1ccco1)N1CCN(C(=O)C2CCN(c3ccc(-c4ccc(F)cc4)nn3)CC2)CC1. The van der Waals surface area contributed by atoms with Crippen LogP contribution in [-0.4, -0.2) is 71.1 Å². The fourth-order valence-electron chi connectivity index (χ4n) is 4.57. The van der Waals surface area contributed by atoms with E-state index in [1.54, 1.807) is 29.2 Å². The van der Waals surface area contributed by atoms with Crippen molar-refractivity contribution in [2.75, 3.05) is 44.2 Å². The number of carbonyl (C=O) groups excluding carboxylic acids is 2. The molecular weight excluding hydrogens is 437 g/mol. The largest absolute Gasteiger partial charge is 0.459 e. The van der Waals surface area contributed by atoms with Crippen molar-refractivity contribution >= 4 is 17.6 Å². The molecule has 1 aromatic carbocycles. The van der Waals surface area contributed by atoms with Gasteiger partial charge >= 0.3 is 0 Å². The highest BCUT2D eigenvalue weighted by Gasteiger charge is 2.32. The number of furan rings is 1. The van der Waals surface area contributed by atoms with Crippen LogP contribution in [0.5, 0.6) is 0 Å². The highest BCUT2D eigenvalue weighted by molar-refractivity contribution is 5.91. The van der Waals surface area contributed by atoms with E-state index in [9.17, 15) is 14.0 Å². The monoisotopic (exact) mass is 463 g/mol. The van der Waals surface area contributed by atoms with Crippen LogP contribution in [0.4, 0.5) is 10.2 Å². The van der Waals surface area contributed by atoms with Crippen molar-refractivity contribution in [2.24, 2.45) is 5.92 Å². The van der Waals surface area contributed by atoms with Gasteiger partial charge in [-0.2, -0.15) is 0 Å². The molecule has 0 N–H and O–H groups in total. The maximum atomic E-state index is 13.1. The maximum Gasteiger partial charge on any atom is 0.289 e. The minimum atomic E-state index is -0.282. The summed E-state index contributed by atoms with van der Waals surface area (Å²) in [6.07, 6.45) is 3.00. The number of piperidine rings is 1. The normalized spacial score (nSPS) is 17.1. The summed E-state index contributed by atoms with van der Waals surface area (Å²) in [6.45, 7) is 3.58. The molecule has 0 atom stereocenters. The van der Waals surface area contributed by atoms with Gasteiger partial charge in [0.15, 0.2) is 11.6 Å². The second kappa shape index (κ2) is 9.62. The van der Waals surface area contributed by atoms with E-state index in [0.717, 1.165) is 37.3 Å². The Morgan fingerprint density at radius 2 is 1.56 bits per heavy atom. The number of rotatable bonds is 4. The zero-order chi connectivity index (χ0) is 23.5. The van der Waals surface area contributed by atoms with E-state index in [0.29, 0.717) is 37.6 Å². The molecule has 0 bridgehead atoms. The molecule has 0 saturated carbocycles. The summed E-state index contributed by atoms with van der Waals surface area (Å²) in [5, 5.41) is 8.64. The molecule has 0 radical (unpaired) electrons. The highest BCUT2D eigenvalue weighted by Crippen LogP contribution is 2.25. The van der Waals surface area contributed by atoms with Crippen LogP contribution in [0.2, 0.25) is 0 Å². The molecule has 4 heterocycles. The van der Waals surface area contributed by atoms with Crippen LogP contribution in [0.15, 0.2) is 59.2 Å². The Hall–Kier alpha value is -3.75. The van der Waals surface area contributed by atoms with E-state index in [4.69, 9.17) is 4.42 Å². The molecule has 2 aliphatic heterocycles. The zero-order valence-electron chi connectivity index (χ0n) is 18.8. The predicted molar refractivity (Wildman–Crippen MR) is 124 cm³/mol. The van der Waals surface area contributed by atoms with Crippen LogP contribution in [-0.2, 0) is 4.79 Å². The number of benzene rings is 1. The molecule has 2 aliphatic rings. The van der Waals surface area contributed by atoms with Gasteiger partial charge in [-0.25, -0.2) is 4.39 Å². The van der Waals surface area contributed by atoms with E-state index in [2.05, 4.69) is 15.1 Å². The lowest BCUT2D eigenvalue weighted by molar-refractivity contribution is -0.137. The zero-order valence-corrected chi connectivity index (χ0v) is 18.8. The molecule has 9 heteroatoms. The van der Waals surface area contributed by atoms with E-state index in [1.165, 1.54) is 18.4 Å². The average Bonchev–Trinajstić information content (AvgIpc) is 3.44. The number of piperazine rings is 1. The van der Waals surface area contributed by atoms with Gasteiger partial charge in [0.2, 0.25) is 5.91 Å². The van der Waals surface area contributed by atoms with Crippen LogP contribution in [0.1, 0.15) is 23.4 Å². The molecule has 8 nitrogen and oxygen atoms in total. The fraction of sp³-hybridized carbons (Fsp3) is 0.360. The Balaban J connectivity index is 1.11. The quantitative estimate of drug-likeness (QED) is 0.592. The predicted octanol–water partition coefficient (Wildman–Crippen LogP) is 3.08. The summed E-state index contributed by atoms with van der Waals surface area (Å²) in [5.41, 5.74) is 1.51. The van der Waals surface area contributed by atoms with Gasteiger partial charge in [0, 0.05) is 50.7 Å². The number of amides is 2. The van der Waals surface area contributed by atoms with E-state index >= 15 is 0 Å². The van der Waals surface area contributed by atoms with Crippen molar-refractivity contribution in [2.45, 2.75) is 12.8 Å². The van der Waals surface area contributed by atoms with Crippen molar-refractivity contribution in [3.8, 4) is 11.3 Å². The first-order valence-corrected chi connectivity index (χ1v) is 11.5. The van der Waals surface area contributed by atoms with Crippen LogP contribution in [0.3, 0.4) is 0 Å². The summed E-state index contributed by atoms with van der Waals surface area (Å²) < 4.78 is 18.3. The summed E-state index contributed by atoms with van der Waals surface area (Å²) in [5.74, 6) is 0.854. The van der Waals surface area contributed by atoms with Crippen LogP contribution >= 0.6 is 0 Å². The Labute approximate surface area is 197 Å².